The van der Waals surface area contributed by atoms with Crippen molar-refractivity contribution >= 4 is 32.4 Å². The minimum atomic E-state index is -3.77. The number of rotatable bonds is 7. The third-order valence-electron chi connectivity index (χ3n) is 6.95. The molecule has 1 unspecified atom stereocenters. The topological polar surface area (TPSA) is 62.6 Å². The van der Waals surface area contributed by atoms with Gasteiger partial charge in [-0.3, -0.25) is 4.90 Å². The highest BCUT2D eigenvalue weighted by Crippen LogP contribution is 2.41. The Labute approximate surface area is 196 Å². The fourth-order valence-electron chi connectivity index (χ4n) is 5.17. The van der Waals surface area contributed by atoms with Crippen LogP contribution in [0, 0.1) is 0 Å². The van der Waals surface area contributed by atoms with E-state index in [1.807, 2.05) is 36.4 Å². The summed E-state index contributed by atoms with van der Waals surface area (Å²) in [4.78, 5) is 2.82. The van der Waals surface area contributed by atoms with Gasteiger partial charge in [-0.2, -0.15) is 0 Å². The lowest BCUT2D eigenvalue weighted by molar-refractivity contribution is 0.161. The summed E-state index contributed by atoms with van der Waals surface area (Å²) >= 11 is 0. The Morgan fingerprint density at radius 3 is 2.88 bits per heavy atom. The summed E-state index contributed by atoms with van der Waals surface area (Å²) in [5.41, 5.74) is 3.81. The van der Waals surface area contributed by atoms with E-state index in [4.69, 9.17) is 4.42 Å². The van der Waals surface area contributed by atoms with E-state index in [1.165, 1.54) is 24.8 Å². The number of nitrogens with one attached hydrogen (secondary N) is 1. The number of aryl methyl sites for hydroxylation is 1. The highest BCUT2D eigenvalue weighted by atomic mass is 32.2. The molecule has 0 radical (unpaired) electrons. The lowest BCUT2D eigenvalue weighted by Gasteiger charge is -2.38. The number of para-hydroxylation sites is 1. The molecule has 1 N–H and O–H groups in total. The molecule has 3 heterocycles. The Hall–Kier alpha value is -2.57. The van der Waals surface area contributed by atoms with Crippen molar-refractivity contribution in [1.82, 2.24) is 4.90 Å². The first-order valence-corrected chi connectivity index (χ1v) is 13.6. The Morgan fingerprint density at radius 2 is 2.00 bits per heavy atom. The van der Waals surface area contributed by atoms with Crippen LogP contribution in [0.4, 0.5) is 5.88 Å². The van der Waals surface area contributed by atoms with E-state index < -0.39 is 10.0 Å². The molecular weight excluding hydrogens is 432 g/mol. The van der Waals surface area contributed by atoms with Crippen molar-refractivity contribution in [2.45, 2.75) is 62.8 Å². The van der Waals surface area contributed by atoms with Crippen LogP contribution in [0.5, 0.6) is 0 Å². The molecular formula is C27H32N2O3S. The average molecular weight is 465 g/mol. The third-order valence-corrected chi connectivity index (χ3v) is 8.28. The van der Waals surface area contributed by atoms with Gasteiger partial charge in [-0.1, -0.05) is 56.2 Å². The number of furan rings is 1. The second-order valence-electron chi connectivity index (χ2n) is 9.24. The smallest absolute Gasteiger partial charge is 0.264 e. The standard InChI is InChI=1S/C27H32N2O3S/c1-2-3-9-20-10-8-12-23(18-20)33(30,31)28-27-26(24-13-4-5-14-25(24)32-27)21-15-17-29-16-7-6-11-22(29)19-21/h4-5,8,10,12-15,18,22,28H,2-3,6-7,9,11,16-17,19H2,1H3. The minimum Gasteiger partial charge on any atom is -0.439 e. The van der Waals surface area contributed by atoms with Crippen LogP contribution in [0.1, 0.15) is 56.6 Å². The molecule has 0 aliphatic carbocycles. The highest BCUT2D eigenvalue weighted by Gasteiger charge is 2.30. The van der Waals surface area contributed by atoms with Gasteiger partial charge in [0.1, 0.15) is 5.58 Å². The second-order valence-corrected chi connectivity index (χ2v) is 10.9. The van der Waals surface area contributed by atoms with Gasteiger partial charge < -0.3 is 4.42 Å². The number of benzene rings is 2. The van der Waals surface area contributed by atoms with Gasteiger partial charge >= 0.3 is 0 Å². The summed E-state index contributed by atoms with van der Waals surface area (Å²) < 4.78 is 35.6. The average Bonchev–Trinajstić information content (AvgIpc) is 3.19. The molecule has 0 amide bonds. The normalized spacial score (nSPS) is 19.3. The zero-order valence-corrected chi connectivity index (χ0v) is 20.0. The third kappa shape index (κ3) is 4.59. The molecule has 0 spiro atoms. The van der Waals surface area contributed by atoms with Crippen LogP contribution < -0.4 is 4.72 Å². The molecule has 6 heteroatoms. The molecule has 2 aliphatic rings. The number of unbranched alkanes of at least 4 members (excludes halogenated alkanes) is 1. The largest absolute Gasteiger partial charge is 0.439 e. The van der Waals surface area contributed by atoms with Gasteiger partial charge in [-0.15, -0.1) is 0 Å². The van der Waals surface area contributed by atoms with Crippen LogP contribution in [0.15, 0.2) is 63.9 Å². The van der Waals surface area contributed by atoms with Crippen LogP contribution in [0.25, 0.3) is 16.5 Å². The predicted molar refractivity (Wildman–Crippen MR) is 134 cm³/mol. The van der Waals surface area contributed by atoms with Crippen molar-refractivity contribution in [2.75, 3.05) is 17.8 Å². The van der Waals surface area contributed by atoms with Gasteiger partial charge in [-0.05, 0) is 68.0 Å². The molecule has 174 valence electrons. The van der Waals surface area contributed by atoms with Crippen molar-refractivity contribution in [3.8, 4) is 0 Å². The number of fused-ring (bicyclic) bond motifs is 2. The molecule has 0 saturated carbocycles. The summed E-state index contributed by atoms with van der Waals surface area (Å²) in [6.07, 6.45) is 9.87. The Kier molecular flexibility index (Phi) is 6.30. The van der Waals surface area contributed by atoms with Gasteiger partial charge in [0.25, 0.3) is 10.0 Å². The van der Waals surface area contributed by atoms with Crippen molar-refractivity contribution in [2.24, 2.45) is 0 Å². The van der Waals surface area contributed by atoms with E-state index in [2.05, 4.69) is 22.6 Å². The molecule has 33 heavy (non-hydrogen) atoms. The Bertz CT molecular complexity index is 1280. The van der Waals surface area contributed by atoms with Crippen molar-refractivity contribution < 1.29 is 12.8 Å². The zero-order chi connectivity index (χ0) is 22.8. The molecule has 1 saturated heterocycles. The lowest BCUT2D eigenvalue weighted by atomic mass is 9.88. The summed E-state index contributed by atoms with van der Waals surface area (Å²) in [5, 5.41) is 0.961. The van der Waals surface area contributed by atoms with E-state index in [9.17, 15) is 8.42 Å². The number of nitrogens with zero attached hydrogens (tertiary/aromatic N) is 1. The van der Waals surface area contributed by atoms with Crippen LogP contribution >= 0.6 is 0 Å². The maximum Gasteiger partial charge on any atom is 0.264 e. The highest BCUT2D eigenvalue weighted by molar-refractivity contribution is 7.92. The van der Waals surface area contributed by atoms with Gasteiger partial charge in [0.15, 0.2) is 0 Å². The molecule has 1 fully saturated rings. The molecule has 5 nitrogen and oxygen atoms in total. The summed E-state index contributed by atoms with van der Waals surface area (Å²) in [6, 6.07) is 15.6. The van der Waals surface area contributed by atoms with E-state index in [0.29, 0.717) is 17.5 Å². The monoisotopic (exact) mass is 464 g/mol. The first-order valence-electron chi connectivity index (χ1n) is 12.1. The summed E-state index contributed by atoms with van der Waals surface area (Å²) in [5.74, 6) is 0.325. The molecule has 1 atom stereocenters. The van der Waals surface area contributed by atoms with Gasteiger partial charge in [-0.25, -0.2) is 13.1 Å². The maximum absolute atomic E-state index is 13.4. The Morgan fingerprint density at radius 1 is 1.12 bits per heavy atom. The first kappa shape index (κ1) is 22.2. The lowest BCUT2D eigenvalue weighted by Crippen LogP contribution is -2.41. The minimum absolute atomic E-state index is 0.276. The van der Waals surface area contributed by atoms with E-state index in [0.717, 1.165) is 55.3 Å². The zero-order valence-electron chi connectivity index (χ0n) is 19.2. The second kappa shape index (κ2) is 9.35. The van der Waals surface area contributed by atoms with Gasteiger partial charge in [0.2, 0.25) is 5.88 Å². The summed E-state index contributed by atoms with van der Waals surface area (Å²) in [7, 11) is -3.77. The van der Waals surface area contributed by atoms with E-state index in [1.54, 1.807) is 12.1 Å². The molecule has 5 rings (SSSR count). The van der Waals surface area contributed by atoms with Crippen LogP contribution in [0.2, 0.25) is 0 Å². The molecule has 3 aromatic rings. The number of anilines is 1. The Balaban J connectivity index is 1.51. The molecule has 0 bridgehead atoms. The van der Waals surface area contributed by atoms with Crippen molar-refractivity contribution in [3.63, 3.8) is 0 Å². The van der Waals surface area contributed by atoms with Crippen molar-refractivity contribution in [1.29, 1.82) is 0 Å². The molecule has 2 aromatic carbocycles. The van der Waals surface area contributed by atoms with Gasteiger partial charge in [0.05, 0.1) is 4.90 Å². The van der Waals surface area contributed by atoms with Crippen LogP contribution in [-0.2, 0) is 16.4 Å². The predicted octanol–water partition coefficient (Wildman–Crippen LogP) is 6.22. The number of piperidine rings is 1. The molecule has 1 aromatic heterocycles. The van der Waals surface area contributed by atoms with E-state index >= 15 is 0 Å². The van der Waals surface area contributed by atoms with Gasteiger partial charge in [0, 0.05) is 23.5 Å². The fourth-order valence-corrected chi connectivity index (χ4v) is 6.24. The van der Waals surface area contributed by atoms with Crippen LogP contribution in [0.3, 0.4) is 0 Å². The first-order chi connectivity index (χ1) is 16.0. The van der Waals surface area contributed by atoms with Crippen molar-refractivity contribution in [3.05, 3.63) is 65.7 Å². The van der Waals surface area contributed by atoms with E-state index in [-0.39, 0.29) is 4.90 Å². The SMILES string of the molecule is CCCCc1cccc(S(=O)(=O)Nc2oc3ccccc3c2C2=CCN3CCCCC3C2)c1. The quantitative estimate of drug-likeness (QED) is 0.451. The number of hydrogen-bond donors (Lipinski definition) is 1. The number of sulfonamides is 1. The van der Waals surface area contributed by atoms with Crippen LogP contribution in [-0.4, -0.2) is 32.4 Å². The molecule has 2 aliphatic heterocycles. The number of hydrogen-bond acceptors (Lipinski definition) is 4. The maximum atomic E-state index is 13.4. The fraction of sp³-hybridized carbons (Fsp3) is 0.407. The summed E-state index contributed by atoms with van der Waals surface area (Å²) in [6.45, 7) is 4.19.